The molecule has 0 heterocycles. The van der Waals surface area contributed by atoms with Gasteiger partial charge in [0, 0.05) is 12.1 Å². The number of hydrogen-bond donors (Lipinski definition) is 2. The van der Waals surface area contributed by atoms with Gasteiger partial charge in [-0.3, -0.25) is 4.79 Å². The predicted molar refractivity (Wildman–Crippen MR) is 78.0 cm³/mol. The summed E-state index contributed by atoms with van der Waals surface area (Å²) < 4.78 is 13.2. The molecule has 2 rings (SSSR count). The van der Waals surface area contributed by atoms with Crippen molar-refractivity contribution < 1.29 is 9.18 Å². The topological polar surface area (TPSA) is 55.1 Å². The molecule has 0 radical (unpaired) electrons. The largest absolute Gasteiger partial charge is 0.352 e. The van der Waals surface area contributed by atoms with Crippen LogP contribution < -0.4 is 11.1 Å². The molecule has 2 unspecified atom stereocenters. The second kappa shape index (κ2) is 6.84. The Morgan fingerprint density at radius 1 is 1.35 bits per heavy atom. The molecule has 1 saturated carbocycles. The van der Waals surface area contributed by atoms with Crippen molar-refractivity contribution in [2.45, 2.75) is 32.6 Å². The Balaban J connectivity index is 1.92. The van der Waals surface area contributed by atoms with Crippen molar-refractivity contribution in [3.8, 4) is 0 Å². The minimum Gasteiger partial charge on any atom is -0.352 e. The molecule has 1 amide bonds. The van der Waals surface area contributed by atoms with Gasteiger partial charge in [0.05, 0.1) is 0 Å². The molecular formula is C16H23FN2O. The monoisotopic (exact) mass is 278 g/mol. The van der Waals surface area contributed by atoms with E-state index in [9.17, 15) is 9.18 Å². The van der Waals surface area contributed by atoms with Crippen molar-refractivity contribution in [2.24, 2.45) is 17.6 Å². The summed E-state index contributed by atoms with van der Waals surface area (Å²) in [7, 11) is 0. The molecule has 4 heteroatoms. The predicted octanol–water partition coefficient (Wildman–Crippen LogP) is 2.63. The Morgan fingerprint density at radius 2 is 2.05 bits per heavy atom. The van der Waals surface area contributed by atoms with Gasteiger partial charge in [0.1, 0.15) is 5.82 Å². The zero-order chi connectivity index (χ0) is 14.5. The Kier molecular flexibility index (Phi) is 5.12. The average Bonchev–Trinajstić information content (AvgIpc) is 2.47. The maximum atomic E-state index is 13.2. The summed E-state index contributed by atoms with van der Waals surface area (Å²) in [5, 5.41) is 2.96. The van der Waals surface area contributed by atoms with Crippen LogP contribution in [0.4, 0.5) is 4.39 Å². The lowest BCUT2D eigenvalue weighted by molar-refractivity contribution is 0.0935. The summed E-state index contributed by atoms with van der Waals surface area (Å²) in [4.78, 5) is 12.1. The van der Waals surface area contributed by atoms with E-state index in [1.807, 2.05) is 0 Å². The van der Waals surface area contributed by atoms with E-state index in [0.29, 0.717) is 36.1 Å². The van der Waals surface area contributed by atoms with Gasteiger partial charge < -0.3 is 11.1 Å². The molecule has 3 N–H and O–H groups in total. The molecule has 0 aromatic heterocycles. The first-order valence-electron chi connectivity index (χ1n) is 7.36. The summed E-state index contributed by atoms with van der Waals surface area (Å²) in [6.45, 7) is 3.02. The fourth-order valence-corrected chi connectivity index (χ4v) is 2.98. The van der Waals surface area contributed by atoms with Gasteiger partial charge in [-0.25, -0.2) is 4.39 Å². The summed E-state index contributed by atoms with van der Waals surface area (Å²) in [5.74, 6) is 0.574. The van der Waals surface area contributed by atoms with Crippen LogP contribution in [0.2, 0.25) is 0 Å². The van der Waals surface area contributed by atoms with Crippen LogP contribution in [0.1, 0.15) is 41.6 Å². The number of aryl methyl sites for hydroxylation is 1. The van der Waals surface area contributed by atoms with Crippen molar-refractivity contribution in [3.63, 3.8) is 0 Å². The number of amides is 1. The van der Waals surface area contributed by atoms with Crippen molar-refractivity contribution in [2.75, 3.05) is 13.1 Å². The number of carbonyl (C=O) groups is 1. The maximum Gasteiger partial charge on any atom is 0.251 e. The first-order valence-corrected chi connectivity index (χ1v) is 7.36. The van der Waals surface area contributed by atoms with Crippen LogP contribution >= 0.6 is 0 Å². The molecule has 1 aliphatic carbocycles. The zero-order valence-corrected chi connectivity index (χ0v) is 12.0. The van der Waals surface area contributed by atoms with E-state index in [1.54, 1.807) is 13.0 Å². The van der Waals surface area contributed by atoms with Crippen LogP contribution in [0, 0.1) is 24.6 Å². The Bertz CT molecular complexity index is 476. The van der Waals surface area contributed by atoms with Crippen LogP contribution in [0.3, 0.4) is 0 Å². The molecule has 20 heavy (non-hydrogen) atoms. The van der Waals surface area contributed by atoms with Gasteiger partial charge in [-0.05, 0) is 61.9 Å². The summed E-state index contributed by atoms with van der Waals surface area (Å²) in [6.07, 6.45) is 4.74. The highest BCUT2D eigenvalue weighted by Crippen LogP contribution is 2.28. The summed E-state index contributed by atoms with van der Waals surface area (Å²) in [6, 6.07) is 4.46. The van der Waals surface area contributed by atoms with Gasteiger partial charge in [0.15, 0.2) is 0 Å². The maximum absolute atomic E-state index is 13.2. The van der Waals surface area contributed by atoms with E-state index in [4.69, 9.17) is 5.73 Å². The number of hydrogen-bond acceptors (Lipinski definition) is 2. The lowest BCUT2D eigenvalue weighted by atomic mass is 9.79. The number of rotatable bonds is 4. The molecule has 0 saturated heterocycles. The van der Waals surface area contributed by atoms with Gasteiger partial charge in [0.25, 0.3) is 5.91 Å². The molecule has 1 aliphatic rings. The van der Waals surface area contributed by atoms with E-state index >= 15 is 0 Å². The van der Waals surface area contributed by atoms with Gasteiger partial charge in [-0.15, -0.1) is 0 Å². The van der Waals surface area contributed by atoms with Crippen molar-refractivity contribution in [3.05, 3.63) is 35.1 Å². The van der Waals surface area contributed by atoms with Gasteiger partial charge in [-0.1, -0.05) is 12.8 Å². The van der Waals surface area contributed by atoms with E-state index in [0.717, 1.165) is 12.8 Å². The molecule has 0 bridgehead atoms. The van der Waals surface area contributed by atoms with Crippen molar-refractivity contribution in [1.82, 2.24) is 5.32 Å². The molecule has 0 aliphatic heterocycles. The SMILES string of the molecule is Cc1cc(C(=O)NCC2CCCCC2CN)ccc1F. The van der Waals surface area contributed by atoms with Gasteiger partial charge in [-0.2, -0.15) is 0 Å². The third kappa shape index (κ3) is 3.57. The first kappa shape index (κ1) is 15.0. The first-order chi connectivity index (χ1) is 9.61. The number of halogens is 1. The van der Waals surface area contributed by atoms with Crippen molar-refractivity contribution in [1.29, 1.82) is 0 Å². The van der Waals surface area contributed by atoms with E-state index in [1.165, 1.54) is 25.0 Å². The number of carbonyl (C=O) groups excluding carboxylic acids is 1. The molecule has 2 atom stereocenters. The van der Waals surface area contributed by atoms with Crippen LogP contribution in [-0.2, 0) is 0 Å². The summed E-state index contributed by atoms with van der Waals surface area (Å²) in [5.41, 5.74) is 6.81. The molecule has 1 aromatic rings. The number of benzene rings is 1. The van der Waals surface area contributed by atoms with Crippen LogP contribution in [0.5, 0.6) is 0 Å². The third-order valence-electron chi connectivity index (χ3n) is 4.31. The highest BCUT2D eigenvalue weighted by molar-refractivity contribution is 5.94. The lowest BCUT2D eigenvalue weighted by Gasteiger charge is -2.30. The second-order valence-electron chi connectivity index (χ2n) is 5.71. The minimum atomic E-state index is -0.281. The van der Waals surface area contributed by atoms with Crippen LogP contribution in [0.15, 0.2) is 18.2 Å². The smallest absolute Gasteiger partial charge is 0.251 e. The zero-order valence-electron chi connectivity index (χ0n) is 12.0. The van der Waals surface area contributed by atoms with Crippen LogP contribution in [0.25, 0.3) is 0 Å². The lowest BCUT2D eigenvalue weighted by Crippen LogP contribution is -2.36. The fraction of sp³-hybridized carbons (Fsp3) is 0.562. The van der Waals surface area contributed by atoms with Crippen LogP contribution in [-0.4, -0.2) is 19.0 Å². The molecule has 1 fully saturated rings. The Labute approximate surface area is 119 Å². The normalized spacial score (nSPS) is 22.6. The molecule has 3 nitrogen and oxygen atoms in total. The standard InChI is InChI=1S/C16H23FN2O/c1-11-8-12(6-7-15(11)17)16(20)19-10-14-5-3-2-4-13(14)9-18/h6-8,13-14H,2-5,9-10,18H2,1H3,(H,19,20). The summed E-state index contributed by atoms with van der Waals surface area (Å²) >= 11 is 0. The number of nitrogens with one attached hydrogen (secondary N) is 1. The van der Waals surface area contributed by atoms with Gasteiger partial charge >= 0.3 is 0 Å². The van der Waals surface area contributed by atoms with Gasteiger partial charge in [0.2, 0.25) is 0 Å². The van der Waals surface area contributed by atoms with E-state index in [-0.39, 0.29) is 11.7 Å². The van der Waals surface area contributed by atoms with E-state index in [2.05, 4.69) is 5.32 Å². The molecular weight excluding hydrogens is 255 g/mol. The number of nitrogens with two attached hydrogens (primary N) is 1. The highest BCUT2D eigenvalue weighted by Gasteiger charge is 2.24. The molecule has 0 spiro atoms. The second-order valence-corrected chi connectivity index (χ2v) is 5.71. The quantitative estimate of drug-likeness (QED) is 0.889. The molecule has 1 aromatic carbocycles. The third-order valence-corrected chi connectivity index (χ3v) is 4.31. The molecule has 110 valence electrons. The Morgan fingerprint density at radius 3 is 2.70 bits per heavy atom. The van der Waals surface area contributed by atoms with Crippen molar-refractivity contribution >= 4 is 5.91 Å². The van der Waals surface area contributed by atoms with E-state index < -0.39 is 0 Å². The minimum absolute atomic E-state index is 0.130. The Hall–Kier alpha value is -1.42. The fourth-order valence-electron chi connectivity index (χ4n) is 2.98. The highest BCUT2D eigenvalue weighted by atomic mass is 19.1. The average molecular weight is 278 g/mol.